The van der Waals surface area contributed by atoms with Gasteiger partial charge in [0, 0.05) is 30.4 Å². The number of sulfonamides is 1. The van der Waals surface area contributed by atoms with Gasteiger partial charge in [0.2, 0.25) is 16.8 Å². The van der Waals surface area contributed by atoms with E-state index in [4.69, 9.17) is 9.47 Å². The number of anilines is 3. The molecular formula is C27H28N4O5S. The van der Waals surface area contributed by atoms with Gasteiger partial charge in [-0.25, -0.2) is 8.42 Å². The molecule has 0 bridgehead atoms. The van der Waals surface area contributed by atoms with E-state index in [1.807, 2.05) is 55.4 Å². The Bertz CT molecular complexity index is 1470. The van der Waals surface area contributed by atoms with Gasteiger partial charge in [-0.15, -0.1) is 0 Å². The summed E-state index contributed by atoms with van der Waals surface area (Å²) in [6.45, 7) is 1.07. The van der Waals surface area contributed by atoms with Gasteiger partial charge in [0.25, 0.3) is 5.91 Å². The summed E-state index contributed by atoms with van der Waals surface area (Å²) in [7, 11) is 0.350. The number of ether oxygens (including phenoxy) is 2. The van der Waals surface area contributed by atoms with E-state index in [9.17, 15) is 13.2 Å². The quantitative estimate of drug-likeness (QED) is 0.437. The molecule has 0 aromatic heterocycles. The van der Waals surface area contributed by atoms with Gasteiger partial charge in [0.15, 0.2) is 11.5 Å². The van der Waals surface area contributed by atoms with Crippen LogP contribution in [0.3, 0.4) is 0 Å². The van der Waals surface area contributed by atoms with Crippen molar-refractivity contribution in [3.8, 4) is 11.5 Å². The summed E-state index contributed by atoms with van der Waals surface area (Å²) in [6.07, 6.45) is 1.20. The van der Waals surface area contributed by atoms with Crippen LogP contribution in [0.2, 0.25) is 0 Å². The van der Waals surface area contributed by atoms with Crippen LogP contribution in [0.5, 0.6) is 11.5 Å². The van der Waals surface area contributed by atoms with E-state index in [1.165, 1.54) is 10.6 Å². The Morgan fingerprint density at radius 1 is 0.973 bits per heavy atom. The number of nitrogens with zero attached hydrogens (tertiary/aromatic N) is 2. The molecule has 0 unspecified atom stereocenters. The first-order valence-electron chi connectivity index (χ1n) is 11.8. The fraction of sp³-hybridized carbons (Fsp3) is 0.222. The van der Waals surface area contributed by atoms with Crippen molar-refractivity contribution in [2.24, 2.45) is 0 Å². The highest BCUT2D eigenvalue weighted by atomic mass is 32.2. The number of likely N-dealkylation sites (N-methyl/N-ethyl adjacent to an activating group) is 1. The summed E-state index contributed by atoms with van der Waals surface area (Å²) in [5, 5.41) is 6.33. The zero-order valence-corrected chi connectivity index (χ0v) is 21.6. The monoisotopic (exact) mass is 520 g/mol. The fourth-order valence-electron chi connectivity index (χ4n) is 4.32. The maximum absolute atomic E-state index is 13.2. The molecule has 2 aliphatic rings. The molecule has 9 nitrogen and oxygen atoms in total. The molecule has 0 fully saturated rings. The lowest BCUT2D eigenvalue weighted by Crippen LogP contribution is -2.35. The van der Waals surface area contributed by atoms with Crippen LogP contribution in [0.15, 0.2) is 66.7 Å². The van der Waals surface area contributed by atoms with Crippen LogP contribution in [-0.4, -0.2) is 59.5 Å². The second-order valence-electron chi connectivity index (χ2n) is 9.13. The summed E-state index contributed by atoms with van der Waals surface area (Å²) in [6, 6.07) is 20.3. The van der Waals surface area contributed by atoms with Crippen molar-refractivity contribution in [2.75, 3.05) is 55.2 Å². The van der Waals surface area contributed by atoms with Crippen LogP contribution in [-0.2, 0) is 14.8 Å². The average Bonchev–Trinajstić information content (AvgIpc) is 3.44. The van der Waals surface area contributed by atoms with Crippen molar-refractivity contribution < 1.29 is 22.7 Å². The largest absolute Gasteiger partial charge is 0.454 e. The van der Waals surface area contributed by atoms with Crippen LogP contribution in [0.25, 0.3) is 11.3 Å². The number of benzene rings is 3. The van der Waals surface area contributed by atoms with Crippen LogP contribution < -0.4 is 24.4 Å². The van der Waals surface area contributed by atoms with E-state index in [-0.39, 0.29) is 12.7 Å². The Balaban J connectivity index is 1.53. The van der Waals surface area contributed by atoms with Crippen molar-refractivity contribution in [2.45, 2.75) is 0 Å². The van der Waals surface area contributed by atoms with Gasteiger partial charge in [-0.1, -0.05) is 30.3 Å². The molecule has 0 saturated carbocycles. The number of fused-ring (bicyclic) bond motifs is 2. The molecule has 2 aliphatic heterocycles. The molecule has 192 valence electrons. The Morgan fingerprint density at radius 2 is 1.65 bits per heavy atom. The third-order valence-corrected chi connectivity index (χ3v) is 7.34. The zero-order chi connectivity index (χ0) is 26.2. The number of rotatable bonds is 8. The molecule has 10 heteroatoms. The second kappa shape index (κ2) is 9.79. The molecule has 0 aliphatic carbocycles. The fourth-order valence-corrected chi connectivity index (χ4v) is 5.24. The molecule has 1 amide bonds. The van der Waals surface area contributed by atoms with Crippen LogP contribution in [0.1, 0.15) is 11.1 Å². The van der Waals surface area contributed by atoms with E-state index in [0.29, 0.717) is 58.5 Å². The molecule has 2 heterocycles. The number of carbonyl (C=O) groups is 1. The molecule has 0 atom stereocenters. The summed E-state index contributed by atoms with van der Waals surface area (Å²) in [5.41, 5.74) is 4.57. The average molecular weight is 521 g/mol. The first kappa shape index (κ1) is 24.7. The van der Waals surface area contributed by atoms with Gasteiger partial charge >= 0.3 is 0 Å². The summed E-state index contributed by atoms with van der Waals surface area (Å²) < 4.78 is 37.2. The smallest absolute Gasteiger partial charge is 0.258 e. The predicted octanol–water partition coefficient (Wildman–Crippen LogP) is 3.68. The lowest BCUT2D eigenvalue weighted by Gasteiger charge is -2.24. The number of amides is 1. The summed E-state index contributed by atoms with van der Waals surface area (Å²) >= 11 is 0. The van der Waals surface area contributed by atoms with Gasteiger partial charge in [-0.3, -0.25) is 9.10 Å². The minimum atomic E-state index is -3.45. The Kier molecular flexibility index (Phi) is 6.53. The lowest BCUT2D eigenvalue weighted by atomic mass is 9.99. The summed E-state index contributed by atoms with van der Waals surface area (Å²) in [4.78, 5) is 15.1. The summed E-state index contributed by atoms with van der Waals surface area (Å²) in [5.74, 6) is 0.937. The normalized spacial score (nSPS) is 15.4. The van der Waals surface area contributed by atoms with E-state index in [2.05, 4.69) is 10.6 Å². The Hall–Kier alpha value is -4.02. The third-order valence-electron chi connectivity index (χ3n) is 6.15. The van der Waals surface area contributed by atoms with Crippen molar-refractivity contribution in [3.05, 3.63) is 77.9 Å². The number of hydrogen-bond acceptors (Lipinski definition) is 7. The molecule has 3 aromatic rings. The van der Waals surface area contributed by atoms with Crippen molar-refractivity contribution in [1.29, 1.82) is 0 Å². The minimum Gasteiger partial charge on any atom is -0.454 e. The first-order valence-corrected chi connectivity index (χ1v) is 13.6. The molecule has 0 spiro atoms. The molecule has 0 saturated heterocycles. The molecule has 0 radical (unpaired) electrons. The lowest BCUT2D eigenvalue weighted by molar-refractivity contribution is -0.110. The van der Waals surface area contributed by atoms with Gasteiger partial charge in [0.1, 0.15) is 0 Å². The number of carbonyl (C=O) groups excluding carboxylic acids is 1. The van der Waals surface area contributed by atoms with Crippen LogP contribution in [0, 0.1) is 0 Å². The highest BCUT2D eigenvalue weighted by Crippen LogP contribution is 2.45. The number of nitrogens with one attached hydrogen (secondary N) is 2. The van der Waals surface area contributed by atoms with Gasteiger partial charge in [0.05, 0.1) is 28.9 Å². The Labute approximate surface area is 216 Å². The van der Waals surface area contributed by atoms with Crippen molar-refractivity contribution >= 4 is 44.3 Å². The van der Waals surface area contributed by atoms with Crippen molar-refractivity contribution in [3.63, 3.8) is 0 Å². The zero-order valence-electron chi connectivity index (χ0n) is 20.8. The van der Waals surface area contributed by atoms with E-state index in [1.54, 1.807) is 30.3 Å². The van der Waals surface area contributed by atoms with E-state index < -0.39 is 10.0 Å². The second-order valence-corrected chi connectivity index (χ2v) is 11.0. The molecular weight excluding hydrogens is 492 g/mol. The maximum atomic E-state index is 13.2. The van der Waals surface area contributed by atoms with Crippen LogP contribution >= 0.6 is 0 Å². The van der Waals surface area contributed by atoms with Crippen LogP contribution in [0.4, 0.5) is 17.1 Å². The SMILES string of the molecule is CN(C)CCN(c1ccc(N/C(=C2\C(=O)Nc3cc4c(cc32)OCO4)c2ccccc2)cc1)S(C)(=O)=O. The standard InChI is InChI=1S/C27H28N4O5S/c1-30(2)13-14-31(37(3,33)34)20-11-9-19(10-12-20)28-26(18-7-5-4-6-8-18)25-21-15-23-24(36-17-35-23)16-22(21)29-27(25)32/h4-12,15-16,28H,13-14,17H2,1-3H3,(H,29,32)/b26-25-. The highest BCUT2D eigenvalue weighted by molar-refractivity contribution is 7.92. The van der Waals surface area contributed by atoms with Gasteiger partial charge in [-0.2, -0.15) is 0 Å². The maximum Gasteiger partial charge on any atom is 0.258 e. The first-order chi connectivity index (χ1) is 17.7. The predicted molar refractivity (Wildman–Crippen MR) is 145 cm³/mol. The Morgan fingerprint density at radius 3 is 2.30 bits per heavy atom. The van der Waals surface area contributed by atoms with E-state index in [0.717, 1.165) is 5.56 Å². The van der Waals surface area contributed by atoms with E-state index >= 15 is 0 Å². The molecule has 2 N–H and O–H groups in total. The third kappa shape index (κ3) is 5.11. The minimum absolute atomic E-state index is 0.139. The molecule has 3 aromatic carbocycles. The van der Waals surface area contributed by atoms with Crippen molar-refractivity contribution in [1.82, 2.24) is 4.90 Å². The molecule has 5 rings (SSSR count). The molecule has 37 heavy (non-hydrogen) atoms. The van der Waals surface area contributed by atoms with Gasteiger partial charge in [-0.05, 0) is 50.0 Å². The highest BCUT2D eigenvalue weighted by Gasteiger charge is 2.31. The number of hydrogen-bond donors (Lipinski definition) is 2. The topological polar surface area (TPSA) is 100 Å². The van der Waals surface area contributed by atoms with Gasteiger partial charge < -0.3 is 25.0 Å².